The van der Waals surface area contributed by atoms with Crippen LogP contribution >= 0.6 is 39.0 Å². The van der Waals surface area contributed by atoms with Gasteiger partial charge in [-0.05, 0) is 46.3 Å². The molecule has 0 unspecified atom stereocenters. The van der Waals surface area contributed by atoms with Crippen LogP contribution in [-0.4, -0.2) is 16.1 Å². The molecule has 2 aromatic carbocycles. The standard InChI is InChI=1S/C14H8BrNO2S2/c15-9-7-8(13(17)18)5-6-11(9)19-14-16-10-3-1-2-4-12(10)20-14/h1-7H,(H,17,18). The van der Waals surface area contributed by atoms with Crippen LogP contribution in [-0.2, 0) is 0 Å². The SMILES string of the molecule is O=C(O)c1ccc(Sc2nc3ccccc3s2)c(Br)c1. The van der Waals surface area contributed by atoms with E-state index in [1.54, 1.807) is 29.5 Å². The summed E-state index contributed by atoms with van der Waals surface area (Å²) in [5.41, 5.74) is 1.25. The lowest BCUT2D eigenvalue weighted by molar-refractivity contribution is 0.0696. The van der Waals surface area contributed by atoms with Crippen molar-refractivity contribution in [2.45, 2.75) is 9.24 Å². The Morgan fingerprint density at radius 1 is 1.25 bits per heavy atom. The Hall–Kier alpha value is -1.37. The summed E-state index contributed by atoms with van der Waals surface area (Å²) in [7, 11) is 0. The van der Waals surface area contributed by atoms with E-state index in [1.165, 1.54) is 11.8 Å². The molecule has 1 heterocycles. The lowest BCUT2D eigenvalue weighted by atomic mass is 10.2. The first kappa shape index (κ1) is 13.6. The van der Waals surface area contributed by atoms with Gasteiger partial charge in [-0.1, -0.05) is 23.9 Å². The van der Waals surface area contributed by atoms with E-state index in [4.69, 9.17) is 5.11 Å². The van der Waals surface area contributed by atoms with Gasteiger partial charge in [-0.3, -0.25) is 0 Å². The summed E-state index contributed by atoms with van der Waals surface area (Å²) in [4.78, 5) is 16.4. The van der Waals surface area contributed by atoms with E-state index < -0.39 is 5.97 Å². The third-order valence-electron chi connectivity index (χ3n) is 2.65. The molecule has 0 radical (unpaired) electrons. The molecular weight excluding hydrogens is 358 g/mol. The summed E-state index contributed by atoms with van der Waals surface area (Å²) in [5, 5.41) is 8.95. The number of thiazole rings is 1. The quantitative estimate of drug-likeness (QED) is 0.716. The van der Waals surface area contributed by atoms with Crippen LogP contribution in [0.4, 0.5) is 0 Å². The molecule has 0 saturated carbocycles. The summed E-state index contributed by atoms with van der Waals surface area (Å²) in [5.74, 6) is -0.928. The summed E-state index contributed by atoms with van der Waals surface area (Å²) in [6.07, 6.45) is 0. The number of halogens is 1. The molecule has 3 rings (SSSR count). The van der Waals surface area contributed by atoms with Crippen LogP contribution in [0.3, 0.4) is 0 Å². The van der Waals surface area contributed by atoms with Gasteiger partial charge in [-0.2, -0.15) is 0 Å². The molecule has 0 bridgehead atoms. The molecule has 0 saturated heterocycles. The van der Waals surface area contributed by atoms with Gasteiger partial charge in [-0.15, -0.1) is 11.3 Å². The highest BCUT2D eigenvalue weighted by atomic mass is 79.9. The van der Waals surface area contributed by atoms with Crippen LogP contribution in [0.2, 0.25) is 0 Å². The molecule has 20 heavy (non-hydrogen) atoms. The van der Waals surface area contributed by atoms with Crippen molar-refractivity contribution in [3.8, 4) is 0 Å². The van der Waals surface area contributed by atoms with Crippen molar-refractivity contribution >= 4 is 55.2 Å². The van der Waals surface area contributed by atoms with Crippen LogP contribution < -0.4 is 0 Å². The lowest BCUT2D eigenvalue weighted by Crippen LogP contribution is -1.95. The van der Waals surface area contributed by atoms with E-state index in [2.05, 4.69) is 20.9 Å². The highest BCUT2D eigenvalue weighted by Gasteiger charge is 2.10. The molecule has 100 valence electrons. The van der Waals surface area contributed by atoms with Crippen molar-refractivity contribution in [1.82, 2.24) is 4.98 Å². The fraction of sp³-hybridized carbons (Fsp3) is 0. The van der Waals surface area contributed by atoms with Gasteiger partial charge < -0.3 is 5.11 Å². The molecular formula is C14H8BrNO2S2. The van der Waals surface area contributed by atoms with Gasteiger partial charge >= 0.3 is 5.97 Å². The molecule has 3 aromatic rings. The zero-order valence-corrected chi connectivity index (χ0v) is 13.3. The normalized spacial score (nSPS) is 10.8. The Morgan fingerprint density at radius 2 is 2.05 bits per heavy atom. The number of benzene rings is 2. The monoisotopic (exact) mass is 365 g/mol. The second-order valence-electron chi connectivity index (χ2n) is 4.00. The van der Waals surface area contributed by atoms with Gasteiger partial charge in [0, 0.05) is 9.37 Å². The number of nitrogens with zero attached hydrogens (tertiary/aromatic N) is 1. The predicted molar refractivity (Wildman–Crippen MR) is 84.8 cm³/mol. The van der Waals surface area contributed by atoms with Gasteiger partial charge in [0.2, 0.25) is 0 Å². The highest BCUT2D eigenvalue weighted by molar-refractivity contribution is 9.10. The maximum absolute atomic E-state index is 10.9. The lowest BCUT2D eigenvalue weighted by Gasteiger charge is -2.02. The van der Waals surface area contributed by atoms with Crippen molar-refractivity contribution in [2.75, 3.05) is 0 Å². The Balaban J connectivity index is 1.92. The molecule has 1 aromatic heterocycles. The second kappa shape index (κ2) is 5.55. The van der Waals surface area contributed by atoms with Gasteiger partial charge in [0.1, 0.15) is 0 Å². The molecule has 0 atom stereocenters. The zero-order valence-electron chi connectivity index (χ0n) is 10.0. The number of carboxylic acid groups (broad SMARTS) is 1. The average molecular weight is 366 g/mol. The van der Waals surface area contributed by atoms with Crippen LogP contribution in [0.25, 0.3) is 10.2 Å². The third kappa shape index (κ3) is 2.72. The maximum Gasteiger partial charge on any atom is 0.335 e. The minimum Gasteiger partial charge on any atom is -0.478 e. The number of para-hydroxylation sites is 1. The number of hydrogen-bond donors (Lipinski definition) is 1. The Labute approximate surface area is 131 Å². The fourth-order valence-corrected chi connectivity index (χ4v) is 4.35. The van der Waals surface area contributed by atoms with Gasteiger partial charge in [0.05, 0.1) is 15.8 Å². The van der Waals surface area contributed by atoms with Crippen molar-refractivity contribution < 1.29 is 9.90 Å². The molecule has 3 nitrogen and oxygen atoms in total. The summed E-state index contributed by atoms with van der Waals surface area (Å²) < 4.78 is 2.85. The molecule has 0 amide bonds. The number of aromatic carboxylic acids is 1. The Morgan fingerprint density at radius 3 is 2.75 bits per heavy atom. The first-order valence-corrected chi connectivity index (χ1v) is 8.12. The molecule has 0 fully saturated rings. The maximum atomic E-state index is 10.9. The number of rotatable bonds is 3. The van der Waals surface area contributed by atoms with Gasteiger partial charge in [0.15, 0.2) is 4.34 Å². The van der Waals surface area contributed by atoms with E-state index >= 15 is 0 Å². The third-order valence-corrected chi connectivity index (χ3v) is 5.74. The van der Waals surface area contributed by atoms with Gasteiger partial charge in [-0.25, -0.2) is 9.78 Å². The Kier molecular flexibility index (Phi) is 3.78. The molecule has 1 N–H and O–H groups in total. The van der Waals surface area contributed by atoms with E-state index in [1.807, 2.05) is 24.3 Å². The van der Waals surface area contributed by atoms with Gasteiger partial charge in [0.25, 0.3) is 0 Å². The van der Waals surface area contributed by atoms with Crippen LogP contribution in [0.15, 0.2) is 56.2 Å². The Bertz CT molecular complexity index is 768. The van der Waals surface area contributed by atoms with E-state index in [-0.39, 0.29) is 5.56 Å². The molecule has 6 heteroatoms. The number of fused-ring (bicyclic) bond motifs is 1. The van der Waals surface area contributed by atoms with Crippen molar-refractivity contribution in [2.24, 2.45) is 0 Å². The topological polar surface area (TPSA) is 50.2 Å². The van der Waals surface area contributed by atoms with E-state index in [0.29, 0.717) is 0 Å². The number of aromatic nitrogens is 1. The smallest absolute Gasteiger partial charge is 0.335 e. The second-order valence-corrected chi connectivity index (χ2v) is 7.17. The van der Waals surface area contributed by atoms with Crippen LogP contribution in [0, 0.1) is 0 Å². The minimum absolute atomic E-state index is 0.269. The molecule has 0 aliphatic rings. The van der Waals surface area contributed by atoms with Crippen LogP contribution in [0.1, 0.15) is 10.4 Å². The first-order valence-electron chi connectivity index (χ1n) is 5.70. The summed E-state index contributed by atoms with van der Waals surface area (Å²) in [6, 6.07) is 13.0. The highest BCUT2D eigenvalue weighted by Crippen LogP contribution is 2.37. The van der Waals surface area contributed by atoms with E-state index in [9.17, 15) is 4.79 Å². The number of hydrogen-bond acceptors (Lipinski definition) is 4. The van der Waals surface area contributed by atoms with Crippen molar-refractivity contribution in [3.63, 3.8) is 0 Å². The number of carboxylic acids is 1. The van der Waals surface area contributed by atoms with Crippen molar-refractivity contribution in [1.29, 1.82) is 0 Å². The fourth-order valence-electron chi connectivity index (χ4n) is 1.71. The summed E-state index contributed by atoms with van der Waals surface area (Å²) >= 11 is 6.56. The summed E-state index contributed by atoms with van der Waals surface area (Å²) in [6.45, 7) is 0. The molecule has 0 spiro atoms. The number of carbonyl (C=O) groups is 1. The molecule has 0 aliphatic heterocycles. The van der Waals surface area contributed by atoms with Crippen LogP contribution in [0.5, 0.6) is 0 Å². The zero-order chi connectivity index (χ0) is 14.1. The molecule has 0 aliphatic carbocycles. The van der Waals surface area contributed by atoms with E-state index in [0.717, 1.165) is 23.9 Å². The first-order chi connectivity index (χ1) is 9.63. The predicted octanol–water partition coefficient (Wildman–Crippen LogP) is 4.91. The van der Waals surface area contributed by atoms with Crippen molar-refractivity contribution in [3.05, 3.63) is 52.5 Å². The minimum atomic E-state index is -0.928. The average Bonchev–Trinajstić information content (AvgIpc) is 2.83. The largest absolute Gasteiger partial charge is 0.478 e.